The van der Waals surface area contributed by atoms with Gasteiger partial charge in [-0.1, -0.05) is 42.5 Å². The van der Waals surface area contributed by atoms with E-state index in [1.807, 2.05) is 24.3 Å². The Kier molecular flexibility index (Phi) is 5.01. The highest BCUT2D eigenvalue weighted by Crippen LogP contribution is 2.15. The minimum atomic E-state index is -0.226. The van der Waals surface area contributed by atoms with E-state index in [-0.39, 0.29) is 5.82 Å². The molecule has 4 nitrogen and oxygen atoms in total. The molecule has 0 radical (unpaired) electrons. The highest BCUT2D eigenvalue weighted by Gasteiger charge is 2.05. The lowest BCUT2D eigenvalue weighted by Crippen LogP contribution is -2.36. The topological polar surface area (TPSA) is 49.3 Å². The summed E-state index contributed by atoms with van der Waals surface area (Å²) in [6, 6.07) is 16.8. The van der Waals surface area contributed by atoms with Crippen LogP contribution < -0.4 is 10.6 Å². The SMILES string of the molecule is CN=C(NCc1ccccc1F)NCc1nccc2ccccc12. The van der Waals surface area contributed by atoms with Crippen molar-refractivity contribution in [1.82, 2.24) is 15.6 Å². The second-order valence-corrected chi connectivity index (χ2v) is 5.35. The maximum atomic E-state index is 13.7. The van der Waals surface area contributed by atoms with Crippen molar-refractivity contribution in [3.8, 4) is 0 Å². The predicted molar refractivity (Wildman–Crippen MR) is 95.2 cm³/mol. The second-order valence-electron chi connectivity index (χ2n) is 5.35. The molecule has 2 aromatic carbocycles. The Morgan fingerprint density at radius 3 is 2.58 bits per heavy atom. The zero-order valence-corrected chi connectivity index (χ0v) is 13.5. The number of rotatable bonds is 4. The minimum Gasteiger partial charge on any atom is -0.352 e. The van der Waals surface area contributed by atoms with Gasteiger partial charge in [0.15, 0.2) is 5.96 Å². The second kappa shape index (κ2) is 7.55. The zero-order chi connectivity index (χ0) is 16.8. The van der Waals surface area contributed by atoms with Gasteiger partial charge < -0.3 is 10.6 Å². The highest BCUT2D eigenvalue weighted by atomic mass is 19.1. The molecule has 1 aromatic heterocycles. The van der Waals surface area contributed by atoms with Crippen LogP contribution in [0.5, 0.6) is 0 Å². The predicted octanol–water partition coefficient (Wildman–Crippen LogP) is 3.24. The third kappa shape index (κ3) is 3.68. The van der Waals surface area contributed by atoms with Crippen molar-refractivity contribution in [3.63, 3.8) is 0 Å². The van der Waals surface area contributed by atoms with Gasteiger partial charge in [-0.2, -0.15) is 0 Å². The Bertz CT molecular complexity index is 855. The summed E-state index contributed by atoms with van der Waals surface area (Å²) in [6.07, 6.45) is 1.80. The Morgan fingerprint density at radius 2 is 1.75 bits per heavy atom. The van der Waals surface area contributed by atoms with E-state index >= 15 is 0 Å². The fourth-order valence-corrected chi connectivity index (χ4v) is 2.53. The van der Waals surface area contributed by atoms with E-state index < -0.39 is 0 Å². The van der Waals surface area contributed by atoms with Crippen molar-refractivity contribution in [2.75, 3.05) is 7.05 Å². The zero-order valence-electron chi connectivity index (χ0n) is 13.5. The van der Waals surface area contributed by atoms with E-state index in [0.29, 0.717) is 24.6 Å². The van der Waals surface area contributed by atoms with Gasteiger partial charge in [0.05, 0.1) is 12.2 Å². The molecule has 0 saturated carbocycles. The van der Waals surface area contributed by atoms with Crippen LogP contribution in [-0.2, 0) is 13.1 Å². The molecule has 3 rings (SSSR count). The van der Waals surface area contributed by atoms with E-state index in [0.717, 1.165) is 16.5 Å². The minimum absolute atomic E-state index is 0.226. The molecule has 0 atom stereocenters. The first-order valence-corrected chi connectivity index (χ1v) is 7.78. The summed E-state index contributed by atoms with van der Waals surface area (Å²) in [5, 5.41) is 8.60. The van der Waals surface area contributed by atoms with Gasteiger partial charge in [-0.05, 0) is 17.5 Å². The Morgan fingerprint density at radius 1 is 1.00 bits per heavy atom. The van der Waals surface area contributed by atoms with E-state index in [4.69, 9.17) is 0 Å². The number of aromatic nitrogens is 1. The third-order valence-corrected chi connectivity index (χ3v) is 3.81. The van der Waals surface area contributed by atoms with Crippen LogP contribution >= 0.6 is 0 Å². The Labute approximate surface area is 140 Å². The highest BCUT2D eigenvalue weighted by molar-refractivity contribution is 5.85. The summed E-state index contributed by atoms with van der Waals surface area (Å²) >= 11 is 0. The summed E-state index contributed by atoms with van der Waals surface area (Å²) in [6.45, 7) is 0.910. The van der Waals surface area contributed by atoms with E-state index in [1.54, 1.807) is 25.4 Å². The van der Waals surface area contributed by atoms with Crippen molar-refractivity contribution >= 4 is 16.7 Å². The van der Waals surface area contributed by atoms with Crippen LogP contribution in [0.2, 0.25) is 0 Å². The summed E-state index contributed by atoms with van der Waals surface area (Å²) in [4.78, 5) is 8.61. The molecule has 0 aliphatic carbocycles. The average molecular weight is 322 g/mol. The van der Waals surface area contributed by atoms with Gasteiger partial charge in [-0.3, -0.25) is 9.98 Å². The lowest BCUT2D eigenvalue weighted by molar-refractivity contribution is 0.604. The molecule has 2 N–H and O–H groups in total. The van der Waals surface area contributed by atoms with Crippen molar-refractivity contribution in [2.45, 2.75) is 13.1 Å². The summed E-state index contributed by atoms with van der Waals surface area (Å²) in [5.41, 5.74) is 1.55. The fourth-order valence-electron chi connectivity index (χ4n) is 2.53. The summed E-state index contributed by atoms with van der Waals surface area (Å²) in [7, 11) is 1.69. The maximum absolute atomic E-state index is 13.7. The number of guanidine groups is 1. The lowest BCUT2D eigenvalue weighted by atomic mass is 10.1. The molecular weight excluding hydrogens is 303 g/mol. The Hall–Kier alpha value is -2.95. The first-order valence-electron chi connectivity index (χ1n) is 7.78. The number of fused-ring (bicyclic) bond motifs is 1. The number of nitrogens with zero attached hydrogens (tertiary/aromatic N) is 2. The van der Waals surface area contributed by atoms with Crippen molar-refractivity contribution in [1.29, 1.82) is 0 Å². The van der Waals surface area contributed by atoms with Gasteiger partial charge in [-0.15, -0.1) is 0 Å². The number of nitrogens with one attached hydrogen (secondary N) is 2. The largest absolute Gasteiger partial charge is 0.352 e. The van der Waals surface area contributed by atoms with Gasteiger partial charge in [0.1, 0.15) is 5.82 Å². The van der Waals surface area contributed by atoms with Gasteiger partial charge >= 0.3 is 0 Å². The summed E-state index contributed by atoms with van der Waals surface area (Å²) in [5.74, 6) is 0.379. The van der Waals surface area contributed by atoms with Crippen LogP contribution in [0, 0.1) is 5.82 Å². The lowest BCUT2D eigenvalue weighted by Gasteiger charge is -2.13. The molecule has 3 aromatic rings. The van der Waals surface area contributed by atoms with E-state index in [9.17, 15) is 4.39 Å². The fraction of sp³-hybridized carbons (Fsp3) is 0.158. The molecule has 0 amide bonds. The van der Waals surface area contributed by atoms with Crippen molar-refractivity contribution < 1.29 is 4.39 Å². The number of aliphatic imine (C=N–C) groups is 1. The van der Waals surface area contributed by atoms with Gasteiger partial charge in [0.2, 0.25) is 0 Å². The molecule has 0 fully saturated rings. The number of benzene rings is 2. The van der Waals surface area contributed by atoms with Gasteiger partial charge in [-0.25, -0.2) is 4.39 Å². The number of pyridine rings is 1. The molecule has 0 bridgehead atoms. The molecular formula is C19H19FN4. The van der Waals surface area contributed by atoms with E-state index in [1.165, 1.54) is 6.07 Å². The van der Waals surface area contributed by atoms with Gasteiger partial charge in [0.25, 0.3) is 0 Å². The molecule has 5 heteroatoms. The third-order valence-electron chi connectivity index (χ3n) is 3.81. The number of hydrogen-bond acceptors (Lipinski definition) is 2. The normalized spacial score (nSPS) is 11.5. The Balaban J connectivity index is 1.65. The summed E-state index contributed by atoms with van der Waals surface area (Å²) < 4.78 is 13.7. The van der Waals surface area contributed by atoms with Crippen LogP contribution in [0.4, 0.5) is 4.39 Å². The first-order chi connectivity index (χ1) is 11.8. The molecule has 24 heavy (non-hydrogen) atoms. The molecule has 122 valence electrons. The molecule has 0 saturated heterocycles. The molecule has 1 heterocycles. The molecule has 0 spiro atoms. The molecule has 0 aliphatic heterocycles. The molecule has 0 aliphatic rings. The quantitative estimate of drug-likeness (QED) is 0.573. The van der Waals surface area contributed by atoms with Crippen molar-refractivity contribution in [3.05, 3.63) is 77.9 Å². The average Bonchev–Trinajstić information content (AvgIpc) is 2.63. The van der Waals surface area contributed by atoms with Crippen LogP contribution in [-0.4, -0.2) is 18.0 Å². The van der Waals surface area contributed by atoms with Crippen LogP contribution in [0.1, 0.15) is 11.3 Å². The van der Waals surface area contributed by atoms with Crippen LogP contribution in [0.3, 0.4) is 0 Å². The number of halogens is 1. The van der Waals surface area contributed by atoms with Crippen LogP contribution in [0.15, 0.2) is 65.8 Å². The maximum Gasteiger partial charge on any atom is 0.191 e. The first kappa shape index (κ1) is 15.9. The monoisotopic (exact) mass is 322 g/mol. The van der Waals surface area contributed by atoms with Gasteiger partial charge in [0, 0.05) is 30.7 Å². The van der Waals surface area contributed by atoms with E-state index in [2.05, 4.69) is 32.7 Å². The van der Waals surface area contributed by atoms with Crippen molar-refractivity contribution in [2.24, 2.45) is 4.99 Å². The standard InChI is InChI=1S/C19H19FN4/c1-21-19(23-12-15-7-3-5-9-17(15)20)24-13-18-16-8-4-2-6-14(16)10-11-22-18/h2-11H,12-13H2,1H3,(H2,21,23,24). The smallest absolute Gasteiger partial charge is 0.191 e. The number of hydrogen-bond donors (Lipinski definition) is 2. The van der Waals surface area contributed by atoms with Crippen LogP contribution in [0.25, 0.3) is 10.8 Å². The molecule has 0 unspecified atom stereocenters.